The quantitative estimate of drug-likeness (QED) is 0.878. The molecule has 4 nitrogen and oxygen atoms in total. The third-order valence-electron chi connectivity index (χ3n) is 4.23. The van der Waals surface area contributed by atoms with Crippen LogP contribution in [0.25, 0.3) is 0 Å². The molecule has 1 aliphatic heterocycles. The van der Waals surface area contributed by atoms with E-state index < -0.39 is 0 Å². The fraction of sp³-hybridized carbons (Fsp3) is 0.300. The van der Waals surface area contributed by atoms with Gasteiger partial charge in [0.1, 0.15) is 6.42 Å². The average molecular weight is 322 g/mol. The van der Waals surface area contributed by atoms with Gasteiger partial charge >= 0.3 is 0 Å². The van der Waals surface area contributed by atoms with Crippen molar-refractivity contribution in [1.82, 2.24) is 0 Å². The highest BCUT2D eigenvalue weighted by atomic mass is 16.2. The zero-order valence-corrected chi connectivity index (χ0v) is 14.1. The molecule has 24 heavy (non-hydrogen) atoms. The largest absolute Gasteiger partial charge is 0.326 e. The molecule has 3 rings (SSSR count). The lowest BCUT2D eigenvalue weighted by Crippen LogP contribution is -2.37. The molecule has 2 aromatic rings. The van der Waals surface area contributed by atoms with Crippen LogP contribution < -0.4 is 10.2 Å². The number of carbonyl (C=O) groups excluding carboxylic acids is 2. The summed E-state index contributed by atoms with van der Waals surface area (Å²) in [6.45, 7) is 4.64. The standard InChI is InChI=1S/C20H22N2O2/c1-14-10-15(2)12-17(11-14)21-19(23)13-20(24)22-9-5-7-16-6-3-4-8-18(16)22/h3-4,6,8,10-12H,5,7,9,13H2,1-2H3,(H,21,23). The SMILES string of the molecule is Cc1cc(C)cc(NC(=O)CC(=O)N2CCCc3ccccc32)c1. The molecule has 0 saturated heterocycles. The highest BCUT2D eigenvalue weighted by Gasteiger charge is 2.23. The minimum absolute atomic E-state index is 0.138. The lowest BCUT2D eigenvalue weighted by Gasteiger charge is -2.29. The van der Waals surface area contributed by atoms with E-state index in [0.29, 0.717) is 6.54 Å². The van der Waals surface area contributed by atoms with Crippen LogP contribution in [0.2, 0.25) is 0 Å². The molecule has 2 amide bonds. The molecule has 0 bridgehead atoms. The molecule has 0 spiro atoms. The van der Waals surface area contributed by atoms with Crippen LogP contribution in [0, 0.1) is 13.8 Å². The molecule has 2 aromatic carbocycles. The van der Waals surface area contributed by atoms with Gasteiger partial charge in [-0.3, -0.25) is 9.59 Å². The number of nitrogens with zero attached hydrogens (tertiary/aromatic N) is 1. The van der Waals surface area contributed by atoms with Gasteiger partial charge in [0.05, 0.1) is 0 Å². The molecule has 0 saturated carbocycles. The van der Waals surface area contributed by atoms with E-state index in [4.69, 9.17) is 0 Å². The van der Waals surface area contributed by atoms with Crippen molar-refractivity contribution in [3.8, 4) is 0 Å². The number of amides is 2. The topological polar surface area (TPSA) is 49.4 Å². The maximum absolute atomic E-state index is 12.6. The van der Waals surface area contributed by atoms with E-state index in [0.717, 1.165) is 35.3 Å². The van der Waals surface area contributed by atoms with Gasteiger partial charge in [0, 0.05) is 17.9 Å². The molecule has 1 heterocycles. The van der Waals surface area contributed by atoms with E-state index in [1.165, 1.54) is 5.56 Å². The number of para-hydroxylation sites is 1. The van der Waals surface area contributed by atoms with E-state index in [2.05, 4.69) is 5.32 Å². The fourth-order valence-electron chi connectivity index (χ4n) is 3.28. The Morgan fingerprint density at radius 2 is 1.79 bits per heavy atom. The summed E-state index contributed by atoms with van der Waals surface area (Å²) in [5, 5.41) is 2.83. The highest BCUT2D eigenvalue weighted by molar-refractivity contribution is 6.09. The van der Waals surface area contributed by atoms with Crippen LogP contribution in [0.4, 0.5) is 11.4 Å². The second-order valence-corrected chi connectivity index (χ2v) is 6.38. The summed E-state index contributed by atoms with van der Waals surface area (Å²) in [5.74, 6) is -0.419. The Hall–Kier alpha value is -2.62. The van der Waals surface area contributed by atoms with Crippen molar-refractivity contribution in [3.05, 3.63) is 59.2 Å². The van der Waals surface area contributed by atoms with Gasteiger partial charge in [0.25, 0.3) is 0 Å². The van der Waals surface area contributed by atoms with E-state index in [-0.39, 0.29) is 18.2 Å². The molecule has 0 radical (unpaired) electrons. The van der Waals surface area contributed by atoms with Gasteiger partial charge in [-0.05, 0) is 61.6 Å². The fourth-order valence-corrected chi connectivity index (χ4v) is 3.28. The van der Waals surface area contributed by atoms with Gasteiger partial charge in [0.15, 0.2) is 0 Å². The van der Waals surface area contributed by atoms with Gasteiger partial charge in [-0.25, -0.2) is 0 Å². The first kappa shape index (κ1) is 16.2. The molecular formula is C20H22N2O2. The average Bonchev–Trinajstić information content (AvgIpc) is 2.53. The number of benzene rings is 2. The zero-order valence-electron chi connectivity index (χ0n) is 14.1. The summed E-state index contributed by atoms with van der Waals surface area (Å²) in [4.78, 5) is 26.5. The third kappa shape index (κ3) is 3.65. The Morgan fingerprint density at radius 1 is 1.08 bits per heavy atom. The van der Waals surface area contributed by atoms with Crippen LogP contribution in [0.5, 0.6) is 0 Å². The lowest BCUT2D eigenvalue weighted by molar-refractivity contribution is -0.125. The summed E-state index contributed by atoms with van der Waals surface area (Å²) in [6, 6.07) is 13.8. The van der Waals surface area contributed by atoms with Crippen molar-refractivity contribution < 1.29 is 9.59 Å². The Balaban J connectivity index is 1.68. The van der Waals surface area contributed by atoms with Gasteiger partial charge in [-0.15, -0.1) is 0 Å². The summed E-state index contributed by atoms with van der Waals surface area (Å²) in [6.07, 6.45) is 1.78. The van der Waals surface area contributed by atoms with Gasteiger partial charge in [0.2, 0.25) is 11.8 Å². The van der Waals surface area contributed by atoms with E-state index in [1.54, 1.807) is 4.90 Å². The minimum atomic E-state index is -0.270. The number of hydrogen-bond donors (Lipinski definition) is 1. The second kappa shape index (κ2) is 6.87. The molecule has 0 atom stereocenters. The highest BCUT2D eigenvalue weighted by Crippen LogP contribution is 2.27. The summed E-state index contributed by atoms with van der Waals surface area (Å²) < 4.78 is 0. The predicted octanol–water partition coefficient (Wildman–Crippen LogP) is 3.61. The minimum Gasteiger partial charge on any atom is -0.326 e. The Bertz CT molecular complexity index is 763. The van der Waals surface area contributed by atoms with Crippen LogP contribution in [0.1, 0.15) is 29.5 Å². The van der Waals surface area contributed by atoms with Crippen LogP contribution in [-0.2, 0) is 16.0 Å². The maximum atomic E-state index is 12.6. The van der Waals surface area contributed by atoms with Crippen LogP contribution in [-0.4, -0.2) is 18.4 Å². The summed E-state index contributed by atoms with van der Waals surface area (Å²) >= 11 is 0. The summed E-state index contributed by atoms with van der Waals surface area (Å²) in [5.41, 5.74) is 5.02. The smallest absolute Gasteiger partial charge is 0.236 e. The van der Waals surface area contributed by atoms with Crippen molar-refractivity contribution in [2.24, 2.45) is 0 Å². The number of fused-ring (bicyclic) bond motifs is 1. The number of hydrogen-bond acceptors (Lipinski definition) is 2. The van der Waals surface area contributed by atoms with Crippen molar-refractivity contribution in [3.63, 3.8) is 0 Å². The molecule has 4 heteroatoms. The van der Waals surface area contributed by atoms with Crippen LogP contribution in [0.3, 0.4) is 0 Å². The zero-order chi connectivity index (χ0) is 17.1. The number of anilines is 2. The van der Waals surface area contributed by atoms with Crippen molar-refractivity contribution in [2.45, 2.75) is 33.1 Å². The van der Waals surface area contributed by atoms with Crippen molar-refractivity contribution >= 4 is 23.2 Å². The van der Waals surface area contributed by atoms with Gasteiger partial charge in [-0.1, -0.05) is 24.3 Å². The monoisotopic (exact) mass is 322 g/mol. The van der Waals surface area contributed by atoms with Crippen LogP contribution >= 0.6 is 0 Å². The maximum Gasteiger partial charge on any atom is 0.236 e. The van der Waals surface area contributed by atoms with E-state index in [1.807, 2.05) is 56.3 Å². The number of aryl methyl sites for hydroxylation is 3. The molecule has 1 N–H and O–H groups in total. The first-order chi connectivity index (χ1) is 11.5. The number of rotatable bonds is 3. The second-order valence-electron chi connectivity index (χ2n) is 6.38. The van der Waals surface area contributed by atoms with Crippen molar-refractivity contribution in [2.75, 3.05) is 16.8 Å². The molecule has 124 valence electrons. The van der Waals surface area contributed by atoms with E-state index in [9.17, 15) is 9.59 Å². The number of carbonyl (C=O) groups is 2. The molecule has 0 unspecified atom stereocenters. The molecule has 0 aliphatic carbocycles. The van der Waals surface area contributed by atoms with Gasteiger partial charge < -0.3 is 10.2 Å². The predicted molar refractivity (Wildman–Crippen MR) is 96.3 cm³/mol. The van der Waals surface area contributed by atoms with Gasteiger partial charge in [-0.2, -0.15) is 0 Å². The molecule has 0 aromatic heterocycles. The molecule has 1 aliphatic rings. The number of nitrogens with one attached hydrogen (secondary N) is 1. The molecular weight excluding hydrogens is 300 g/mol. The van der Waals surface area contributed by atoms with Crippen LogP contribution in [0.15, 0.2) is 42.5 Å². The Kier molecular flexibility index (Phi) is 4.65. The third-order valence-corrected chi connectivity index (χ3v) is 4.23. The lowest BCUT2D eigenvalue weighted by atomic mass is 10.0. The van der Waals surface area contributed by atoms with Crippen molar-refractivity contribution in [1.29, 1.82) is 0 Å². The normalized spacial score (nSPS) is 13.3. The van der Waals surface area contributed by atoms with E-state index >= 15 is 0 Å². The first-order valence-electron chi connectivity index (χ1n) is 8.29. The Morgan fingerprint density at radius 3 is 2.54 bits per heavy atom. The molecule has 0 fully saturated rings. The first-order valence-corrected chi connectivity index (χ1v) is 8.29. The summed E-state index contributed by atoms with van der Waals surface area (Å²) in [7, 11) is 0. The Labute approximate surface area is 142 Å².